The Bertz CT molecular complexity index is 1260. The second kappa shape index (κ2) is 9.99. The lowest BCUT2D eigenvalue weighted by Crippen LogP contribution is -2.11. The molecule has 4 aromatic rings. The Kier molecular flexibility index (Phi) is 6.88. The molecule has 0 saturated heterocycles. The Labute approximate surface area is 193 Å². The number of furan rings is 1. The summed E-state index contributed by atoms with van der Waals surface area (Å²) in [7, 11) is 0. The second-order valence-electron chi connectivity index (χ2n) is 7.36. The predicted molar refractivity (Wildman–Crippen MR) is 121 cm³/mol. The lowest BCUT2D eigenvalue weighted by Gasteiger charge is -2.12. The highest BCUT2D eigenvalue weighted by Gasteiger charge is 2.21. The summed E-state index contributed by atoms with van der Waals surface area (Å²) in [6.07, 6.45) is 1.59. The summed E-state index contributed by atoms with van der Waals surface area (Å²) in [5, 5.41) is 9.16. The van der Waals surface area contributed by atoms with Crippen LogP contribution in [0.5, 0.6) is 5.75 Å². The first-order chi connectivity index (χ1) is 15.9. The first-order valence-corrected chi connectivity index (χ1v) is 11.1. The zero-order valence-corrected chi connectivity index (χ0v) is 18.8. The highest BCUT2D eigenvalue weighted by Crippen LogP contribution is 2.30. The summed E-state index contributed by atoms with van der Waals surface area (Å²) in [6, 6.07) is 16.2. The van der Waals surface area contributed by atoms with Crippen LogP contribution in [0, 0.1) is 13.8 Å². The topological polar surface area (TPSA) is 70.2 Å². The first-order valence-electron chi connectivity index (χ1n) is 10.2. The Hall–Kier alpha value is -3.46. The Morgan fingerprint density at radius 1 is 1.12 bits per heavy atom. The fraction of sp³-hybridized carbons (Fsp3) is 0.208. The molecule has 2 aromatic heterocycles. The van der Waals surface area contributed by atoms with E-state index in [2.05, 4.69) is 14.9 Å². The van der Waals surface area contributed by atoms with Gasteiger partial charge in [-0.3, -0.25) is 9.36 Å². The van der Waals surface area contributed by atoms with Gasteiger partial charge >= 0.3 is 6.61 Å². The molecule has 0 amide bonds. The zero-order chi connectivity index (χ0) is 23.4. The molecule has 0 radical (unpaired) electrons. The summed E-state index contributed by atoms with van der Waals surface area (Å²) in [5.41, 5.74) is 2.74. The minimum absolute atomic E-state index is 0.0135. The van der Waals surface area contributed by atoms with Crippen molar-refractivity contribution in [1.29, 1.82) is 0 Å². The van der Waals surface area contributed by atoms with E-state index in [1.807, 2.05) is 47.9 Å². The van der Waals surface area contributed by atoms with Gasteiger partial charge in [0.2, 0.25) is 0 Å². The van der Waals surface area contributed by atoms with E-state index in [9.17, 15) is 13.6 Å². The smallest absolute Gasteiger partial charge is 0.387 e. The molecule has 0 unspecified atom stereocenters. The van der Waals surface area contributed by atoms with Crippen LogP contribution in [-0.2, 0) is 6.54 Å². The summed E-state index contributed by atoms with van der Waals surface area (Å²) in [4.78, 5) is 12.9. The summed E-state index contributed by atoms with van der Waals surface area (Å²) < 4.78 is 37.4. The largest absolute Gasteiger partial charge is 0.469 e. The quantitative estimate of drug-likeness (QED) is 0.229. The maximum absolute atomic E-state index is 12.9. The van der Waals surface area contributed by atoms with Crippen molar-refractivity contribution in [2.75, 3.05) is 5.75 Å². The number of hydrogen-bond acceptors (Lipinski definition) is 6. The van der Waals surface area contributed by atoms with Crippen molar-refractivity contribution in [3.8, 4) is 17.1 Å². The predicted octanol–water partition coefficient (Wildman–Crippen LogP) is 5.78. The van der Waals surface area contributed by atoms with Crippen molar-refractivity contribution in [3.05, 3.63) is 83.3 Å². The van der Waals surface area contributed by atoms with Gasteiger partial charge in [-0.25, -0.2) is 0 Å². The molecule has 170 valence electrons. The Balaban J connectivity index is 1.61. The van der Waals surface area contributed by atoms with E-state index < -0.39 is 6.61 Å². The van der Waals surface area contributed by atoms with Gasteiger partial charge in [0.25, 0.3) is 0 Å². The molecule has 33 heavy (non-hydrogen) atoms. The number of rotatable bonds is 9. The van der Waals surface area contributed by atoms with Gasteiger partial charge in [-0.15, -0.1) is 10.2 Å². The maximum atomic E-state index is 12.9. The number of ketones is 1. The molecule has 0 N–H and O–H groups in total. The van der Waals surface area contributed by atoms with Gasteiger partial charge in [-0.05, 0) is 37.6 Å². The lowest BCUT2D eigenvalue weighted by molar-refractivity contribution is -0.0501. The molecule has 2 heterocycles. The van der Waals surface area contributed by atoms with Gasteiger partial charge in [-0.1, -0.05) is 53.7 Å². The Morgan fingerprint density at radius 3 is 2.61 bits per heavy atom. The number of aromatic nitrogens is 3. The van der Waals surface area contributed by atoms with Crippen molar-refractivity contribution >= 4 is 17.5 Å². The average molecular weight is 470 g/mol. The van der Waals surface area contributed by atoms with E-state index >= 15 is 0 Å². The third-order valence-corrected chi connectivity index (χ3v) is 5.95. The van der Waals surface area contributed by atoms with Crippen molar-refractivity contribution < 1.29 is 22.7 Å². The van der Waals surface area contributed by atoms with Crippen LogP contribution < -0.4 is 4.74 Å². The van der Waals surface area contributed by atoms with Crippen LogP contribution in [0.2, 0.25) is 0 Å². The van der Waals surface area contributed by atoms with Crippen LogP contribution in [0.1, 0.15) is 27.2 Å². The molecule has 0 aliphatic heterocycles. The molecular formula is C24H21F2N3O3S. The molecule has 9 heteroatoms. The number of carbonyl (C=O) groups is 1. The standard InChI is InChI=1S/C24H21F2N3O3S/c1-15-8-9-21(32-23(25)26)19(12-15)20(30)14-33-24-28-27-22(18-10-11-31-16(18)2)29(24)13-17-6-4-3-5-7-17/h3-12,23H,13-14H2,1-2H3. The third-order valence-electron chi connectivity index (χ3n) is 4.98. The molecule has 0 bridgehead atoms. The van der Waals surface area contributed by atoms with Gasteiger partial charge in [0, 0.05) is 0 Å². The van der Waals surface area contributed by atoms with E-state index in [0.29, 0.717) is 23.3 Å². The van der Waals surface area contributed by atoms with E-state index in [-0.39, 0.29) is 22.8 Å². The van der Waals surface area contributed by atoms with Gasteiger partial charge in [0.05, 0.1) is 29.7 Å². The van der Waals surface area contributed by atoms with Crippen LogP contribution in [0.15, 0.2) is 70.4 Å². The first kappa shape index (κ1) is 22.7. The van der Waals surface area contributed by atoms with Crippen LogP contribution in [0.3, 0.4) is 0 Å². The van der Waals surface area contributed by atoms with Crippen LogP contribution in [0.4, 0.5) is 8.78 Å². The van der Waals surface area contributed by atoms with Gasteiger partial charge < -0.3 is 9.15 Å². The minimum Gasteiger partial charge on any atom is -0.469 e. The van der Waals surface area contributed by atoms with E-state index in [1.54, 1.807) is 25.3 Å². The molecule has 2 aromatic carbocycles. The van der Waals surface area contributed by atoms with Crippen molar-refractivity contribution in [1.82, 2.24) is 14.8 Å². The van der Waals surface area contributed by atoms with E-state index in [4.69, 9.17) is 4.42 Å². The fourth-order valence-corrected chi connectivity index (χ4v) is 4.21. The van der Waals surface area contributed by atoms with Crippen LogP contribution in [-0.4, -0.2) is 32.9 Å². The number of aryl methyl sites for hydroxylation is 2. The average Bonchev–Trinajstić information content (AvgIpc) is 3.39. The Morgan fingerprint density at radius 2 is 1.91 bits per heavy atom. The number of hydrogen-bond donors (Lipinski definition) is 0. The van der Waals surface area contributed by atoms with E-state index in [1.165, 1.54) is 17.8 Å². The van der Waals surface area contributed by atoms with Crippen LogP contribution in [0.25, 0.3) is 11.4 Å². The normalized spacial score (nSPS) is 11.2. The third kappa shape index (κ3) is 5.31. The number of alkyl halides is 2. The number of ether oxygens (including phenoxy) is 1. The van der Waals surface area contributed by atoms with E-state index in [0.717, 1.165) is 16.7 Å². The number of benzene rings is 2. The number of carbonyl (C=O) groups excluding carboxylic acids is 1. The monoisotopic (exact) mass is 469 g/mol. The zero-order valence-electron chi connectivity index (χ0n) is 18.0. The molecule has 0 saturated carbocycles. The molecule has 0 spiro atoms. The maximum Gasteiger partial charge on any atom is 0.387 e. The molecule has 0 fully saturated rings. The van der Waals surface area contributed by atoms with Crippen LogP contribution >= 0.6 is 11.8 Å². The molecule has 0 aliphatic rings. The number of Topliss-reactive ketones (excluding diaryl/α,β-unsaturated/α-hetero) is 1. The molecule has 4 rings (SSSR count). The number of nitrogens with zero attached hydrogens (tertiary/aromatic N) is 3. The summed E-state index contributed by atoms with van der Waals surface area (Å²) in [6.45, 7) is 1.11. The van der Waals surface area contributed by atoms with Gasteiger partial charge in [0.15, 0.2) is 16.8 Å². The highest BCUT2D eigenvalue weighted by atomic mass is 32.2. The molecule has 6 nitrogen and oxygen atoms in total. The van der Waals surface area contributed by atoms with Crippen molar-refractivity contribution in [3.63, 3.8) is 0 Å². The summed E-state index contributed by atoms with van der Waals surface area (Å²) >= 11 is 1.19. The fourth-order valence-electron chi connectivity index (χ4n) is 3.39. The van der Waals surface area contributed by atoms with Gasteiger partial charge in [0.1, 0.15) is 11.5 Å². The highest BCUT2D eigenvalue weighted by molar-refractivity contribution is 7.99. The minimum atomic E-state index is -3.01. The van der Waals surface area contributed by atoms with Gasteiger partial charge in [-0.2, -0.15) is 8.78 Å². The summed E-state index contributed by atoms with van der Waals surface area (Å²) in [5.74, 6) is 0.840. The number of thioether (sulfide) groups is 1. The number of halogens is 2. The second-order valence-corrected chi connectivity index (χ2v) is 8.30. The van der Waals surface area contributed by atoms with Crippen molar-refractivity contribution in [2.24, 2.45) is 0 Å². The van der Waals surface area contributed by atoms with Crippen molar-refractivity contribution in [2.45, 2.75) is 32.2 Å². The lowest BCUT2D eigenvalue weighted by atomic mass is 10.1. The SMILES string of the molecule is Cc1ccc(OC(F)F)c(C(=O)CSc2nnc(-c3ccoc3C)n2Cc2ccccc2)c1. The molecule has 0 aliphatic carbocycles. The molecule has 0 atom stereocenters. The molecular weight excluding hydrogens is 448 g/mol.